The molecule has 10 heteroatoms. The van der Waals surface area contributed by atoms with E-state index in [0.717, 1.165) is 21.7 Å². The topological polar surface area (TPSA) is 80.4 Å². The number of aliphatic hydroxyl groups is 1. The Morgan fingerprint density at radius 3 is 2.42 bits per heavy atom. The Morgan fingerprint density at radius 1 is 1.18 bits per heavy atom. The molecule has 0 radical (unpaired) electrons. The maximum Gasteiger partial charge on any atom is 0.426 e. The van der Waals surface area contributed by atoms with Crippen LogP contribution in [0, 0.1) is 17.3 Å². The lowest BCUT2D eigenvalue weighted by molar-refractivity contribution is -0.249. The van der Waals surface area contributed by atoms with Crippen LogP contribution in [0.1, 0.15) is 39.8 Å². The van der Waals surface area contributed by atoms with Gasteiger partial charge in [0.2, 0.25) is 5.60 Å². The summed E-state index contributed by atoms with van der Waals surface area (Å²) < 4.78 is 42.4. The monoisotopic (exact) mass is 466 g/mol. The molecular weight excluding hydrogens is 437 g/mol. The number of allylic oxidation sites excluding steroid dienone is 1. The van der Waals surface area contributed by atoms with Gasteiger partial charge in [-0.15, -0.1) is 0 Å². The molecule has 3 unspecified atom stereocenters. The van der Waals surface area contributed by atoms with Crippen LogP contribution in [0.2, 0.25) is 0 Å². The second-order valence-corrected chi connectivity index (χ2v) is 10.6. The first-order chi connectivity index (χ1) is 15.1. The zero-order chi connectivity index (χ0) is 24.5. The zero-order valence-electron chi connectivity index (χ0n) is 19.4. The van der Waals surface area contributed by atoms with Gasteiger partial charge in [0.05, 0.1) is 11.2 Å². The van der Waals surface area contributed by atoms with Crippen LogP contribution in [0.4, 0.5) is 13.2 Å². The summed E-state index contributed by atoms with van der Waals surface area (Å²) in [5, 5.41) is 9.72. The Kier molecular flexibility index (Phi) is 5.31. The number of fused-ring (bicyclic) bond motifs is 2. The van der Waals surface area contributed by atoms with Gasteiger partial charge in [-0.2, -0.15) is 13.2 Å². The number of alkyl halides is 3. The molecule has 0 bridgehead atoms. The van der Waals surface area contributed by atoms with Crippen LogP contribution in [0.5, 0.6) is 0 Å². The second-order valence-electron chi connectivity index (χ2n) is 10.6. The number of imidazole rings is 1. The summed E-state index contributed by atoms with van der Waals surface area (Å²) in [6.45, 7) is 7.52. The average Bonchev–Trinajstić information content (AvgIpc) is 3.33. The molecule has 33 heavy (non-hydrogen) atoms. The molecule has 2 aliphatic rings. The minimum absolute atomic E-state index is 0.0280. The average molecular weight is 467 g/mol. The summed E-state index contributed by atoms with van der Waals surface area (Å²) in [5.41, 5.74) is -0.590. The molecule has 1 fully saturated rings. The van der Waals surface area contributed by atoms with E-state index in [1.165, 1.54) is 4.57 Å². The van der Waals surface area contributed by atoms with Crippen molar-refractivity contribution in [3.05, 3.63) is 34.4 Å². The quantitative estimate of drug-likeness (QED) is 0.754. The SMILES string of the molecule is Cn1c(=O)n(CC(C)(C)C)c2ccc(C3=CC4CN(C(=O)C(C)(O)C(F)(F)F)CC4C3)nc21. The van der Waals surface area contributed by atoms with Crippen molar-refractivity contribution in [2.45, 2.75) is 52.4 Å². The number of pyridine rings is 1. The molecule has 1 amide bonds. The first-order valence-electron chi connectivity index (χ1n) is 11.0. The van der Waals surface area contributed by atoms with Gasteiger partial charge in [-0.25, -0.2) is 9.78 Å². The van der Waals surface area contributed by atoms with Crippen molar-refractivity contribution in [1.82, 2.24) is 19.0 Å². The Bertz CT molecular complexity index is 1200. The number of nitrogens with zero attached hydrogens (tertiary/aromatic N) is 4. The molecule has 1 N–H and O–H groups in total. The number of carbonyl (C=O) groups excluding carboxylic acids is 1. The molecule has 7 nitrogen and oxygen atoms in total. The lowest BCUT2D eigenvalue weighted by atomic mass is 9.97. The molecule has 2 aromatic rings. The number of rotatable bonds is 3. The third-order valence-electron chi connectivity index (χ3n) is 6.59. The number of carbonyl (C=O) groups is 1. The van der Waals surface area contributed by atoms with E-state index in [4.69, 9.17) is 4.98 Å². The summed E-state index contributed by atoms with van der Waals surface area (Å²) in [7, 11) is 1.69. The highest BCUT2D eigenvalue weighted by atomic mass is 19.4. The first kappa shape index (κ1) is 23.5. The number of amides is 1. The smallest absolute Gasteiger partial charge is 0.373 e. The summed E-state index contributed by atoms with van der Waals surface area (Å²) in [4.78, 5) is 30.9. The summed E-state index contributed by atoms with van der Waals surface area (Å²) in [6, 6.07) is 3.75. The second kappa shape index (κ2) is 7.44. The van der Waals surface area contributed by atoms with Gasteiger partial charge in [-0.3, -0.25) is 13.9 Å². The third kappa shape index (κ3) is 3.98. The summed E-state index contributed by atoms with van der Waals surface area (Å²) >= 11 is 0. The van der Waals surface area contributed by atoms with Crippen LogP contribution >= 0.6 is 0 Å². The van der Waals surface area contributed by atoms with Gasteiger partial charge in [0, 0.05) is 26.7 Å². The molecule has 0 saturated carbocycles. The number of halogens is 3. The molecule has 1 aliphatic carbocycles. The normalized spacial score (nSPS) is 23.1. The van der Waals surface area contributed by atoms with E-state index in [1.807, 2.05) is 18.2 Å². The van der Waals surface area contributed by atoms with Crippen molar-refractivity contribution in [2.24, 2.45) is 24.3 Å². The molecular formula is C23H29F3N4O3. The highest BCUT2D eigenvalue weighted by molar-refractivity contribution is 5.86. The fourth-order valence-electron chi connectivity index (χ4n) is 4.77. The van der Waals surface area contributed by atoms with E-state index in [2.05, 4.69) is 20.8 Å². The van der Waals surface area contributed by atoms with Crippen molar-refractivity contribution in [3.8, 4) is 0 Å². The molecule has 2 aromatic heterocycles. The standard InChI is InChI=1S/C23H29F3N4O3/c1-21(2,3)12-30-17-7-6-16(27-18(17)28(5)20(30)32)13-8-14-10-29(11-15(14)9-13)19(31)22(4,33)23(24,25)26/h6-8,14-15,33H,9-12H2,1-5H3. The van der Waals surface area contributed by atoms with E-state index in [0.29, 0.717) is 25.5 Å². The zero-order valence-corrected chi connectivity index (χ0v) is 19.4. The Morgan fingerprint density at radius 2 is 1.85 bits per heavy atom. The predicted molar refractivity (Wildman–Crippen MR) is 117 cm³/mol. The molecule has 0 spiro atoms. The number of aromatic nitrogens is 3. The van der Waals surface area contributed by atoms with Crippen LogP contribution in [-0.2, 0) is 18.4 Å². The van der Waals surface area contributed by atoms with E-state index >= 15 is 0 Å². The van der Waals surface area contributed by atoms with E-state index in [-0.39, 0.29) is 36.0 Å². The Hall–Kier alpha value is -2.62. The van der Waals surface area contributed by atoms with Crippen molar-refractivity contribution in [3.63, 3.8) is 0 Å². The number of aryl methyl sites for hydroxylation is 1. The molecule has 0 aromatic carbocycles. The minimum atomic E-state index is -5.03. The summed E-state index contributed by atoms with van der Waals surface area (Å²) in [6.07, 6.45) is -2.50. The first-order valence-corrected chi connectivity index (χ1v) is 11.0. The largest absolute Gasteiger partial charge is 0.426 e. The van der Waals surface area contributed by atoms with E-state index in [1.54, 1.807) is 11.6 Å². The molecule has 4 rings (SSSR count). The lowest BCUT2D eigenvalue weighted by Crippen LogP contribution is -2.55. The third-order valence-corrected chi connectivity index (χ3v) is 6.59. The van der Waals surface area contributed by atoms with Gasteiger partial charge < -0.3 is 10.0 Å². The molecule has 180 valence electrons. The van der Waals surface area contributed by atoms with Crippen molar-refractivity contribution in [2.75, 3.05) is 13.1 Å². The van der Waals surface area contributed by atoms with Gasteiger partial charge in [0.1, 0.15) is 0 Å². The van der Waals surface area contributed by atoms with Crippen LogP contribution in [-0.4, -0.2) is 54.9 Å². The highest BCUT2D eigenvalue weighted by Gasteiger charge is 2.58. The molecule has 1 aliphatic heterocycles. The van der Waals surface area contributed by atoms with Gasteiger partial charge in [0.15, 0.2) is 5.65 Å². The van der Waals surface area contributed by atoms with Crippen LogP contribution in [0.3, 0.4) is 0 Å². The Labute approximate surface area is 189 Å². The lowest BCUT2D eigenvalue weighted by Gasteiger charge is -2.30. The van der Waals surface area contributed by atoms with Gasteiger partial charge in [-0.05, 0) is 48.3 Å². The van der Waals surface area contributed by atoms with Crippen LogP contribution in [0.15, 0.2) is 23.0 Å². The van der Waals surface area contributed by atoms with Gasteiger partial charge in [-0.1, -0.05) is 26.8 Å². The molecule has 3 heterocycles. The molecule has 1 saturated heterocycles. The van der Waals surface area contributed by atoms with Crippen LogP contribution in [0.25, 0.3) is 16.7 Å². The number of hydrogen-bond acceptors (Lipinski definition) is 4. The van der Waals surface area contributed by atoms with Gasteiger partial charge in [0.25, 0.3) is 5.91 Å². The molecule has 3 atom stereocenters. The van der Waals surface area contributed by atoms with Crippen molar-refractivity contribution >= 4 is 22.6 Å². The number of likely N-dealkylation sites (tertiary alicyclic amines) is 1. The Balaban J connectivity index is 1.57. The number of hydrogen-bond donors (Lipinski definition) is 1. The van der Waals surface area contributed by atoms with E-state index < -0.39 is 17.7 Å². The highest BCUT2D eigenvalue weighted by Crippen LogP contribution is 2.42. The van der Waals surface area contributed by atoms with Crippen molar-refractivity contribution < 1.29 is 23.1 Å². The minimum Gasteiger partial charge on any atom is -0.373 e. The predicted octanol–water partition coefficient (Wildman–Crippen LogP) is 2.96. The fraction of sp³-hybridized carbons (Fsp3) is 0.609. The van der Waals surface area contributed by atoms with Crippen LogP contribution < -0.4 is 5.69 Å². The maximum absolute atomic E-state index is 13.0. The van der Waals surface area contributed by atoms with Crippen molar-refractivity contribution in [1.29, 1.82) is 0 Å². The maximum atomic E-state index is 13.0. The van der Waals surface area contributed by atoms with Gasteiger partial charge >= 0.3 is 11.9 Å². The van der Waals surface area contributed by atoms with E-state index in [9.17, 15) is 27.9 Å². The summed E-state index contributed by atoms with van der Waals surface area (Å²) in [5.74, 6) is -1.44. The fourth-order valence-corrected chi connectivity index (χ4v) is 4.77.